The summed E-state index contributed by atoms with van der Waals surface area (Å²) in [5, 5.41) is 0.428. The quantitative estimate of drug-likeness (QED) is 0.201. The first-order valence-corrected chi connectivity index (χ1v) is 15.0. The molecule has 6 aromatic rings. The Hall–Kier alpha value is -5.54. The van der Waals surface area contributed by atoms with Crippen LogP contribution in [0, 0.1) is 5.82 Å². The summed E-state index contributed by atoms with van der Waals surface area (Å²) in [6.45, 7) is 0.126. The molecular weight excluding hydrogens is 581 g/mol. The van der Waals surface area contributed by atoms with Crippen LogP contribution in [0.4, 0.5) is 4.39 Å². The summed E-state index contributed by atoms with van der Waals surface area (Å²) in [4.78, 5) is 25.2. The molecular formula is C35H24FNO6S. The molecule has 0 saturated carbocycles. The largest absolute Gasteiger partial charge is 0.489 e. The summed E-state index contributed by atoms with van der Waals surface area (Å²) < 4.78 is 52.9. The van der Waals surface area contributed by atoms with Crippen molar-refractivity contribution in [2.75, 3.05) is 0 Å². The lowest BCUT2D eigenvalue weighted by molar-refractivity contribution is 0.0981. The van der Waals surface area contributed by atoms with E-state index < -0.39 is 15.9 Å². The molecule has 0 fully saturated rings. The molecule has 0 unspecified atom stereocenters. The van der Waals surface area contributed by atoms with Gasteiger partial charge in [0.25, 0.3) is 15.9 Å². The maximum Gasteiger partial charge on any atom is 0.264 e. The molecule has 7 nitrogen and oxygen atoms in total. The van der Waals surface area contributed by atoms with E-state index in [1.807, 2.05) is 30.3 Å². The van der Waals surface area contributed by atoms with E-state index in [4.69, 9.17) is 9.15 Å². The number of rotatable bonds is 8. The molecule has 1 aromatic heterocycles. The lowest BCUT2D eigenvalue weighted by Gasteiger charge is -2.10. The molecule has 0 saturated heterocycles. The molecule has 0 aliphatic carbocycles. The van der Waals surface area contributed by atoms with Crippen molar-refractivity contribution in [3.05, 3.63) is 155 Å². The predicted molar refractivity (Wildman–Crippen MR) is 165 cm³/mol. The van der Waals surface area contributed by atoms with Crippen molar-refractivity contribution in [2.45, 2.75) is 11.5 Å². The third kappa shape index (κ3) is 6.28. The molecule has 0 spiro atoms. The van der Waals surface area contributed by atoms with E-state index in [2.05, 4.69) is 4.72 Å². The summed E-state index contributed by atoms with van der Waals surface area (Å²) in [6, 6.07) is 33.9. The molecule has 0 aliphatic rings. The van der Waals surface area contributed by atoms with Crippen molar-refractivity contribution in [3.63, 3.8) is 0 Å². The first kappa shape index (κ1) is 28.6. The summed E-state index contributed by atoms with van der Waals surface area (Å²) in [6.07, 6.45) is 0. The molecule has 0 bridgehead atoms. The second-order valence-electron chi connectivity index (χ2n) is 9.95. The van der Waals surface area contributed by atoms with E-state index in [9.17, 15) is 22.4 Å². The number of carbonyl (C=O) groups excluding carboxylic acids is 1. The Balaban J connectivity index is 1.10. The van der Waals surface area contributed by atoms with Crippen molar-refractivity contribution in [2.24, 2.45) is 0 Å². The predicted octanol–water partition coefficient (Wildman–Crippen LogP) is 6.96. The standard InChI is InChI=1S/C35H24FNO6S/c36-28-14-12-25(13-15-28)24-8-10-27(11-9-24)35(39)37-44(40,41)30-17-6-23(7-18-30)22-42-29-16-19-31-32(38)21-33(43-34(31)20-29)26-4-2-1-3-5-26/h1-21H,22H2,(H,37,39). The minimum Gasteiger partial charge on any atom is -0.489 e. The van der Waals surface area contributed by atoms with Gasteiger partial charge in [0.15, 0.2) is 5.43 Å². The fourth-order valence-electron chi connectivity index (χ4n) is 4.60. The Kier molecular flexibility index (Phi) is 7.78. The third-order valence-corrected chi connectivity index (χ3v) is 8.30. The summed E-state index contributed by atoms with van der Waals surface area (Å²) in [5.41, 5.74) is 3.37. The number of amides is 1. The zero-order valence-electron chi connectivity index (χ0n) is 23.1. The Labute approximate surface area is 252 Å². The minimum atomic E-state index is -4.14. The van der Waals surface area contributed by atoms with Crippen LogP contribution in [0.3, 0.4) is 0 Å². The summed E-state index contributed by atoms with van der Waals surface area (Å²) in [5.74, 6) is -0.206. The number of hydrogen-bond donors (Lipinski definition) is 1. The SMILES string of the molecule is O=C(NS(=O)(=O)c1ccc(COc2ccc3c(=O)cc(-c4ccccc4)oc3c2)cc1)c1ccc(-c2ccc(F)cc2)cc1. The lowest BCUT2D eigenvalue weighted by Crippen LogP contribution is -2.30. The normalized spacial score (nSPS) is 11.3. The number of nitrogens with one attached hydrogen (secondary N) is 1. The highest BCUT2D eigenvalue weighted by molar-refractivity contribution is 7.90. The number of hydrogen-bond acceptors (Lipinski definition) is 6. The van der Waals surface area contributed by atoms with Crippen LogP contribution >= 0.6 is 0 Å². The van der Waals surface area contributed by atoms with Crippen molar-refractivity contribution in [1.29, 1.82) is 0 Å². The average Bonchev–Trinajstić information content (AvgIpc) is 3.04. The van der Waals surface area contributed by atoms with Crippen molar-refractivity contribution in [1.82, 2.24) is 4.72 Å². The van der Waals surface area contributed by atoms with Gasteiger partial charge in [-0.1, -0.05) is 66.7 Å². The number of ether oxygens (including phenoxy) is 1. The Morgan fingerprint density at radius 3 is 2.09 bits per heavy atom. The van der Waals surface area contributed by atoms with Crippen LogP contribution in [-0.2, 0) is 16.6 Å². The molecule has 5 aromatic carbocycles. The van der Waals surface area contributed by atoms with E-state index in [1.165, 1.54) is 42.5 Å². The zero-order valence-corrected chi connectivity index (χ0v) is 23.9. The number of sulfonamides is 1. The molecule has 9 heteroatoms. The minimum absolute atomic E-state index is 0.0848. The molecule has 0 atom stereocenters. The smallest absolute Gasteiger partial charge is 0.264 e. The van der Waals surface area contributed by atoms with Gasteiger partial charge in [-0.05, 0) is 65.2 Å². The van der Waals surface area contributed by atoms with E-state index in [1.54, 1.807) is 54.6 Å². The summed E-state index contributed by atoms with van der Waals surface area (Å²) in [7, 11) is -4.14. The zero-order chi connectivity index (χ0) is 30.7. The van der Waals surface area contributed by atoms with Crippen molar-refractivity contribution < 1.29 is 26.8 Å². The van der Waals surface area contributed by atoms with Gasteiger partial charge in [-0.15, -0.1) is 0 Å². The molecule has 0 radical (unpaired) electrons. The molecule has 0 aliphatic heterocycles. The van der Waals surface area contributed by atoms with Gasteiger partial charge in [0.1, 0.15) is 29.5 Å². The molecule has 1 heterocycles. The van der Waals surface area contributed by atoms with Gasteiger partial charge in [-0.2, -0.15) is 0 Å². The highest BCUT2D eigenvalue weighted by Crippen LogP contribution is 2.26. The molecule has 6 rings (SSSR count). The van der Waals surface area contributed by atoms with Crippen LogP contribution in [0.2, 0.25) is 0 Å². The number of carbonyl (C=O) groups is 1. The number of fused-ring (bicyclic) bond motifs is 1. The monoisotopic (exact) mass is 605 g/mol. The van der Waals surface area contributed by atoms with Gasteiger partial charge in [-0.3, -0.25) is 9.59 Å². The van der Waals surface area contributed by atoms with E-state index in [0.717, 1.165) is 16.7 Å². The Morgan fingerprint density at radius 2 is 1.41 bits per heavy atom. The maximum atomic E-state index is 13.2. The first-order valence-electron chi connectivity index (χ1n) is 13.5. The van der Waals surface area contributed by atoms with Gasteiger partial charge in [0, 0.05) is 23.3 Å². The maximum absolute atomic E-state index is 13.2. The second-order valence-corrected chi connectivity index (χ2v) is 11.6. The van der Waals surface area contributed by atoms with Crippen LogP contribution in [-0.4, -0.2) is 14.3 Å². The van der Waals surface area contributed by atoms with Crippen LogP contribution in [0.1, 0.15) is 15.9 Å². The average molecular weight is 606 g/mol. The van der Waals surface area contributed by atoms with Crippen molar-refractivity contribution in [3.8, 4) is 28.2 Å². The van der Waals surface area contributed by atoms with Crippen LogP contribution in [0.5, 0.6) is 5.75 Å². The van der Waals surface area contributed by atoms with Gasteiger partial charge < -0.3 is 9.15 Å². The fourth-order valence-corrected chi connectivity index (χ4v) is 5.57. The molecule has 1 N–H and O–H groups in total. The second kappa shape index (κ2) is 12.0. The van der Waals surface area contributed by atoms with Gasteiger partial charge in [0.2, 0.25) is 0 Å². The van der Waals surface area contributed by atoms with Crippen molar-refractivity contribution >= 4 is 26.9 Å². The summed E-state index contributed by atoms with van der Waals surface area (Å²) >= 11 is 0. The van der Waals surface area contributed by atoms with Gasteiger partial charge in [-0.25, -0.2) is 17.5 Å². The third-order valence-electron chi connectivity index (χ3n) is 6.95. The Morgan fingerprint density at radius 1 is 0.750 bits per heavy atom. The van der Waals surface area contributed by atoms with Gasteiger partial charge in [0.05, 0.1) is 10.3 Å². The van der Waals surface area contributed by atoms with E-state index >= 15 is 0 Å². The number of benzene rings is 5. The molecule has 218 valence electrons. The van der Waals surface area contributed by atoms with Crippen LogP contribution in [0.25, 0.3) is 33.4 Å². The fraction of sp³-hybridized carbons (Fsp3) is 0.0286. The van der Waals surface area contributed by atoms with Gasteiger partial charge >= 0.3 is 0 Å². The molecule has 1 amide bonds. The molecule has 44 heavy (non-hydrogen) atoms. The van der Waals surface area contributed by atoms with E-state index in [-0.39, 0.29) is 28.3 Å². The highest BCUT2D eigenvalue weighted by atomic mass is 32.2. The number of halogens is 1. The Bertz CT molecular complexity index is 2130. The lowest BCUT2D eigenvalue weighted by atomic mass is 10.0. The van der Waals surface area contributed by atoms with E-state index in [0.29, 0.717) is 28.0 Å². The van der Waals surface area contributed by atoms with Crippen LogP contribution in [0.15, 0.2) is 142 Å². The first-order chi connectivity index (χ1) is 21.2. The highest BCUT2D eigenvalue weighted by Gasteiger charge is 2.19. The van der Waals surface area contributed by atoms with Crippen LogP contribution < -0.4 is 14.9 Å². The topological polar surface area (TPSA) is 103 Å².